The van der Waals surface area contributed by atoms with Gasteiger partial charge in [-0.3, -0.25) is 4.79 Å². The summed E-state index contributed by atoms with van der Waals surface area (Å²) in [5, 5.41) is 2.32. The highest BCUT2D eigenvalue weighted by Crippen LogP contribution is 2.21. The van der Waals surface area contributed by atoms with Crippen molar-refractivity contribution < 1.29 is 18.7 Å². The number of hydrogen-bond acceptors (Lipinski definition) is 3. The Morgan fingerprint density at radius 2 is 1.76 bits per heavy atom. The van der Waals surface area contributed by atoms with Crippen molar-refractivity contribution in [2.45, 2.75) is 0 Å². The summed E-state index contributed by atoms with van der Waals surface area (Å²) in [6, 6.07) is 10.4. The van der Waals surface area contributed by atoms with Crippen LogP contribution in [0.15, 0.2) is 42.5 Å². The van der Waals surface area contributed by atoms with Crippen LogP contribution in [-0.4, -0.2) is 19.0 Å². The zero-order valence-corrected chi connectivity index (χ0v) is 11.8. The first-order valence-corrected chi connectivity index (χ1v) is 6.35. The fraction of sp³-hybridized carbons (Fsp3) is 0.0667. The molecule has 0 saturated heterocycles. The first-order chi connectivity index (χ1) is 10.0. The van der Waals surface area contributed by atoms with E-state index in [1.807, 2.05) is 0 Å². The SMILES string of the molecule is COC(=O)c1ccccc1NC(=O)c1cccc(Cl)c1F. The van der Waals surface area contributed by atoms with E-state index in [9.17, 15) is 14.0 Å². The van der Waals surface area contributed by atoms with Gasteiger partial charge in [-0.2, -0.15) is 0 Å². The van der Waals surface area contributed by atoms with Gasteiger partial charge < -0.3 is 10.1 Å². The van der Waals surface area contributed by atoms with E-state index < -0.39 is 17.7 Å². The fourth-order valence-electron chi connectivity index (χ4n) is 1.75. The summed E-state index contributed by atoms with van der Waals surface area (Å²) in [5.74, 6) is -2.11. The van der Waals surface area contributed by atoms with Gasteiger partial charge in [-0.15, -0.1) is 0 Å². The van der Waals surface area contributed by atoms with Gasteiger partial charge in [-0.05, 0) is 24.3 Å². The van der Waals surface area contributed by atoms with Crippen molar-refractivity contribution in [3.05, 3.63) is 64.4 Å². The average Bonchev–Trinajstić information content (AvgIpc) is 2.49. The maximum absolute atomic E-state index is 13.8. The van der Waals surface area contributed by atoms with Gasteiger partial charge in [0.15, 0.2) is 5.82 Å². The molecule has 1 amide bonds. The van der Waals surface area contributed by atoms with Crippen molar-refractivity contribution in [2.75, 3.05) is 12.4 Å². The Morgan fingerprint density at radius 3 is 2.48 bits per heavy atom. The topological polar surface area (TPSA) is 55.4 Å². The van der Waals surface area contributed by atoms with Crippen molar-refractivity contribution in [3.63, 3.8) is 0 Å². The maximum atomic E-state index is 13.8. The van der Waals surface area contributed by atoms with Gasteiger partial charge in [0.2, 0.25) is 0 Å². The molecule has 0 unspecified atom stereocenters. The number of amides is 1. The second kappa shape index (κ2) is 6.37. The number of anilines is 1. The summed E-state index contributed by atoms with van der Waals surface area (Å²) in [7, 11) is 1.23. The van der Waals surface area contributed by atoms with Crippen molar-refractivity contribution in [1.82, 2.24) is 0 Å². The van der Waals surface area contributed by atoms with E-state index in [0.29, 0.717) is 0 Å². The van der Waals surface area contributed by atoms with E-state index in [4.69, 9.17) is 11.6 Å². The standard InChI is InChI=1S/C15H11ClFNO3/c1-21-15(20)9-5-2-3-8-12(9)18-14(19)10-6-4-7-11(16)13(10)17/h2-8H,1H3,(H,18,19). The lowest BCUT2D eigenvalue weighted by atomic mass is 10.1. The zero-order valence-electron chi connectivity index (χ0n) is 11.0. The average molecular weight is 308 g/mol. The molecule has 0 aliphatic rings. The van der Waals surface area contributed by atoms with Crippen LogP contribution in [0.4, 0.5) is 10.1 Å². The number of carbonyl (C=O) groups is 2. The Hall–Kier alpha value is -2.40. The van der Waals surface area contributed by atoms with Crippen molar-refractivity contribution in [1.29, 1.82) is 0 Å². The molecular formula is C15H11ClFNO3. The second-order valence-corrected chi connectivity index (χ2v) is 4.50. The summed E-state index contributed by atoms with van der Waals surface area (Å²) in [6.07, 6.45) is 0. The molecule has 0 radical (unpaired) electrons. The molecule has 0 atom stereocenters. The van der Waals surface area contributed by atoms with Crippen LogP contribution in [0.25, 0.3) is 0 Å². The zero-order chi connectivity index (χ0) is 15.4. The molecule has 0 aromatic heterocycles. The van der Waals surface area contributed by atoms with Crippen molar-refractivity contribution >= 4 is 29.2 Å². The summed E-state index contributed by atoms with van der Waals surface area (Å²) in [6.45, 7) is 0. The van der Waals surface area contributed by atoms with Gasteiger partial charge in [0.05, 0.1) is 28.9 Å². The number of carbonyl (C=O) groups excluding carboxylic acids is 2. The number of para-hydroxylation sites is 1. The fourth-order valence-corrected chi connectivity index (χ4v) is 1.92. The van der Waals surface area contributed by atoms with E-state index in [0.717, 1.165) is 0 Å². The number of hydrogen-bond donors (Lipinski definition) is 1. The third-order valence-corrected chi connectivity index (χ3v) is 3.07. The van der Waals surface area contributed by atoms with E-state index in [1.54, 1.807) is 12.1 Å². The van der Waals surface area contributed by atoms with Gasteiger partial charge in [-0.25, -0.2) is 9.18 Å². The minimum atomic E-state index is -0.813. The molecule has 1 N–H and O–H groups in total. The van der Waals surface area contributed by atoms with Crippen LogP contribution in [-0.2, 0) is 4.74 Å². The van der Waals surface area contributed by atoms with Crippen LogP contribution in [0.2, 0.25) is 5.02 Å². The summed E-state index contributed by atoms with van der Waals surface area (Å²) in [5.41, 5.74) is 0.201. The number of esters is 1. The predicted molar refractivity (Wildman–Crippen MR) is 77.1 cm³/mol. The molecule has 0 spiro atoms. The summed E-state index contributed by atoms with van der Waals surface area (Å²) < 4.78 is 18.4. The molecule has 0 saturated carbocycles. The van der Waals surface area contributed by atoms with E-state index >= 15 is 0 Å². The first kappa shape index (κ1) is 15.0. The van der Waals surface area contributed by atoms with Crippen molar-refractivity contribution in [3.8, 4) is 0 Å². The Bertz CT molecular complexity index is 703. The molecule has 0 aliphatic carbocycles. The highest BCUT2D eigenvalue weighted by Gasteiger charge is 2.17. The van der Waals surface area contributed by atoms with E-state index in [1.165, 1.54) is 37.4 Å². The molecule has 108 valence electrons. The predicted octanol–water partition coefficient (Wildman–Crippen LogP) is 3.52. The van der Waals surface area contributed by atoms with Gasteiger partial charge >= 0.3 is 5.97 Å². The third kappa shape index (κ3) is 3.20. The molecule has 6 heteroatoms. The van der Waals surface area contributed by atoms with Crippen LogP contribution in [0, 0.1) is 5.82 Å². The molecule has 2 rings (SSSR count). The number of methoxy groups -OCH3 is 1. The quantitative estimate of drug-likeness (QED) is 0.883. The third-order valence-electron chi connectivity index (χ3n) is 2.78. The normalized spacial score (nSPS) is 10.0. The molecule has 0 heterocycles. The molecule has 0 fully saturated rings. The summed E-state index contributed by atoms with van der Waals surface area (Å²) in [4.78, 5) is 23.7. The molecule has 2 aromatic carbocycles. The molecule has 21 heavy (non-hydrogen) atoms. The number of rotatable bonds is 3. The smallest absolute Gasteiger partial charge is 0.339 e. The van der Waals surface area contributed by atoms with E-state index in [2.05, 4.69) is 10.1 Å². The number of ether oxygens (including phenoxy) is 1. The molecule has 2 aromatic rings. The minimum Gasteiger partial charge on any atom is -0.465 e. The van der Waals surface area contributed by atoms with Crippen molar-refractivity contribution in [2.24, 2.45) is 0 Å². The Kier molecular flexibility index (Phi) is 4.55. The van der Waals surface area contributed by atoms with Crippen LogP contribution in [0.3, 0.4) is 0 Å². The lowest BCUT2D eigenvalue weighted by Gasteiger charge is -2.10. The van der Waals surface area contributed by atoms with Gasteiger partial charge in [0.1, 0.15) is 0 Å². The largest absolute Gasteiger partial charge is 0.465 e. The molecular weight excluding hydrogens is 297 g/mol. The number of halogens is 2. The Balaban J connectivity index is 2.32. The Labute approximate surface area is 125 Å². The van der Waals surface area contributed by atoms with Crippen LogP contribution >= 0.6 is 11.6 Å². The lowest BCUT2D eigenvalue weighted by Crippen LogP contribution is -2.16. The van der Waals surface area contributed by atoms with Gasteiger partial charge in [0.25, 0.3) is 5.91 Å². The molecule has 4 nitrogen and oxygen atoms in total. The second-order valence-electron chi connectivity index (χ2n) is 4.09. The minimum absolute atomic E-state index is 0.149. The highest BCUT2D eigenvalue weighted by atomic mass is 35.5. The lowest BCUT2D eigenvalue weighted by molar-refractivity contribution is 0.0602. The van der Waals surface area contributed by atoms with Gasteiger partial charge in [-0.1, -0.05) is 29.8 Å². The number of nitrogens with one attached hydrogen (secondary N) is 1. The maximum Gasteiger partial charge on any atom is 0.339 e. The van der Waals surface area contributed by atoms with Gasteiger partial charge in [0, 0.05) is 0 Å². The monoisotopic (exact) mass is 307 g/mol. The molecule has 0 aliphatic heterocycles. The highest BCUT2D eigenvalue weighted by molar-refractivity contribution is 6.31. The van der Waals surface area contributed by atoms with Crippen LogP contribution in [0.1, 0.15) is 20.7 Å². The van der Waals surface area contributed by atoms with E-state index in [-0.39, 0.29) is 21.8 Å². The first-order valence-electron chi connectivity index (χ1n) is 5.97. The number of benzene rings is 2. The van der Waals surface area contributed by atoms with Crippen LogP contribution in [0.5, 0.6) is 0 Å². The van der Waals surface area contributed by atoms with Crippen LogP contribution < -0.4 is 5.32 Å². The Morgan fingerprint density at radius 1 is 1.10 bits per heavy atom. The summed E-state index contributed by atoms with van der Waals surface area (Å²) >= 11 is 5.64. The molecule has 0 bridgehead atoms.